The molecule has 0 amide bonds. The smallest absolute Gasteiger partial charge is 0.330 e. The van der Waals surface area contributed by atoms with E-state index < -0.39 is 53.5 Å². The summed E-state index contributed by atoms with van der Waals surface area (Å²) in [5, 5.41) is 29.6. The molecule has 4 atom stereocenters. The number of hydrogen-bond donors (Lipinski definition) is 4. The Morgan fingerprint density at radius 2 is 2.23 bits per heavy atom. The molecule has 0 spiro atoms. The summed E-state index contributed by atoms with van der Waals surface area (Å²) < 4.78 is 19.1. The zero-order chi connectivity index (χ0) is 16.7. The standard InChI is InChI=1S/C12H15FN2O7/c1-5(17)12(21)8(18)2-6(4-16)22-10(12)15-3-7(13)9(19)14-11(15)20/h3,6,8,10,16,18,21H,2,4H2,1H3,(H,14,19,20)/t6-,8-,10+,12+/m0/s1. The molecule has 1 saturated heterocycles. The minimum atomic E-state index is -2.53. The molecular formula is C12H15FN2O7. The molecule has 22 heavy (non-hydrogen) atoms. The van der Waals surface area contributed by atoms with E-state index in [1.165, 1.54) is 0 Å². The number of Topliss-reactive ketones (excluding diaryl/α,β-unsaturated/α-hetero) is 1. The Morgan fingerprint density at radius 3 is 2.77 bits per heavy atom. The van der Waals surface area contributed by atoms with E-state index in [4.69, 9.17) is 9.84 Å². The molecule has 1 fully saturated rings. The topological polar surface area (TPSA) is 142 Å². The highest BCUT2D eigenvalue weighted by molar-refractivity contribution is 5.86. The number of aromatic amines is 1. The molecule has 2 heterocycles. The highest BCUT2D eigenvalue weighted by Gasteiger charge is 2.54. The van der Waals surface area contributed by atoms with Crippen molar-refractivity contribution in [3.63, 3.8) is 0 Å². The summed E-state index contributed by atoms with van der Waals surface area (Å²) in [6.45, 7) is 0.411. The van der Waals surface area contributed by atoms with Crippen LogP contribution in [-0.2, 0) is 9.53 Å². The van der Waals surface area contributed by atoms with Crippen molar-refractivity contribution >= 4 is 5.78 Å². The van der Waals surface area contributed by atoms with Gasteiger partial charge in [0.1, 0.15) is 0 Å². The van der Waals surface area contributed by atoms with Crippen molar-refractivity contribution in [2.75, 3.05) is 6.61 Å². The third-order valence-electron chi connectivity index (χ3n) is 3.64. The fraction of sp³-hybridized carbons (Fsp3) is 0.583. The molecule has 0 unspecified atom stereocenters. The molecule has 1 aliphatic rings. The zero-order valence-corrected chi connectivity index (χ0v) is 11.5. The first-order chi connectivity index (χ1) is 10.2. The number of carbonyl (C=O) groups excluding carboxylic acids is 1. The first-order valence-electron chi connectivity index (χ1n) is 6.40. The number of ketones is 1. The summed E-state index contributed by atoms with van der Waals surface area (Å²) >= 11 is 0. The molecule has 4 N–H and O–H groups in total. The molecule has 0 aromatic carbocycles. The second-order valence-electron chi connectivity index (χ2n) is 5.07. The highest BCUT2D eigenvalue weighted by atomic mass is 19.1. The van der Waals surface area contributed by atoms with Crippen molar-refractivity contribution in [1.29, 1.82) is 0 Å². The van der Waals surface area contributed by atoms with Crippen LogP contribution >= 0.6 is 0 Å². The molecule has 0 bridgehead atoms. The van der Waals surface area contributed by atoms with Crippen LogP contribution < -0.4 is 11.2 Å². The number of hydrogen-bond acceptors (Lipinski definition) is 7. The molecule has 0 saturated carbocycles. The lowest BCUT2D eigenvalue weighted by Crippen LogP contribution is -2.62. The van der Waals surface area contributed by atoms with Crippen LogP contribution in [0.2, 0.25) is 0 Å². The number of nitrogens with one attached hydrogen (secondary N) is 1. The van der Waals surface area contributed by atoms with E-state index in [9.17, 15) is 29.0 Å². The van der Waals surface area contributed by atoms with Crippen LogP contribution in [0.25, 0.3) is 0 Å². The van der Waals surface area contributed by atoms with Crippen molar-refractivity contribution < 1.29 is 29.2 Å². The highest BCUT2D eigenvalue weighted by Crippen LogP contribution is 2.36. The molecule has 1 aliphatic heterocycles. The number of nitrogens with zero attached hydrogens (tertiary/aromatic N) is 1. The summed E-state index contributed by atoms with van der Waals surface area (Å²) in [5.41, 5.74) is -4.94. The lowest BCUT2D eigenvalue weighted by molar-refractivity contribution is -0.250. The van der Waals surface area contributed by atoms with Crippen molar-refractivity contribution in [2.24, 2.45) is 0 Å². The third-order valence-corrected chi connectivity index (χ3v) is 3.64. The summed E-state index contributed by atoms with van der Waals surface area (Å²) in [7, 11) is 0. The molecule has 0 aliphatic carbocycles. The normalized spacial score (nSPS) is 32.0. The SMILES string of the molecule is CC(=O)[C@@]1(O)[C@@H](O)C[C@@H](CO)O[C@H]1n1cc(F)c(=O)[nH]c1=O. The van der Waals surface area contributed by atoms with Crippen LogP contribution in [0.1, 0.15) is 19.6 Å². The van der Waals surface area contributed by atoms with Gasteiger partial charge in [-0.25, -0.2) is 4.79 Å². The molecule has 0 radical (unpaired) electrons. The van der Waals surface area contributed by atoms with E-state index in [1.54, 1.807) is 4.98 Å². The number of halogens is 1. The molecule has 2 rings (SSSR count). The molecule has 122 valence electrons. The van der Waals surface area contributed by atoms with E-state index >= 15 is 0 Å². The van der Waals surface area contributed by atoms with Crippen molar-refractivity contribution in [3.05, 3.63) is 32.9 Å². The molecule has 10 heteroatoms. The zero-order valence-electron chi connectivity index (χ0n) is 11.5. The van der Waals surface area contributed by atoms with Gasteiger partial charge in [0.2, 0.25) is 5.82 Å². The third kappa shape index (κ3) is 2.50. The van der Waals surface area contributed by atoms with Crippen molar-refractivity contribution in [2.45, 2.75) is 37.4 Å². The fourth-order valence-corrected chi connectivity index (χ4v) is 2.37. The van der Waals surface area contributed by atoms with E-state index in [-0.39, 0.29) is 6.42 Å². The molecular weight excluding hydrogens is 303 g/mol. The van der Waals surface area contributed by atoms with Crippen LogP contribution in [0.15, 0.2) is 15.8 Å². The minimum absolute atomic E-state index is 0.260. The van der Waals surface area contributed by atoms with Gasteiger partial charge >= 0.3 is 5.69 Å². The van der Waals surface area contributed by atoms with Gasteiger partial charge in [-0.05, 0) is 6.92 Å². The number of carbonyl (C=O) groups is 1. The largest absolute Gasteiger partial charge is 0.394 e. The number of aliphatic hydroxyl groups excluding tert-OH is 2. The summed E-state index contributed by atoms with van der Waals surface area (Å²) in [6, 6.07) is 0. The second kappa shape index (κ2) is 5.72. The van der Waals surface area contributed by atoms with Gasteiger partial charge in [0.05, 0.1) is 25.0 Å². The van der Waals surface area contributed by atoms with E-state index in [0.717, 1.165) is 6.92 Å². The number of H-pyrrole nitrogens is 1. The predicted molar refractivity (Wildman–Crippen MR) is 68.5 cm³/mol. The quantitative estimate of drug-likeness (QED) is 0.488. The van der Waals surface area contributed by atoms with Gasteiger partial charge in [-0.15, -0.1) is 0 Å². The summed E-state index contributed by atoms with van der Waals surface area (Å²) in [4.78, 5) is 36.2. The van der Waals surface area contributed by atoms with E-state index in [0.29, 0.717) is 10.8 Å². The Kier molecular flexibility index (Phi) is 4.29. The van der Waals surface area contributed by atoms with E-state index in [1.807, 2.05) is 0 Å². The maximum absolute atomic E-state index is 13.4. The van der Waals surface area contributed by atoms with Crippen LogP contribution in [0.4, 0.5) is 4.39 Å². The Balaban J connectivity index is 2.62. The monoisotopic (exact) mass is 318 g/mol. The van der Waals surface area contributed by atoms with Gasteiger partial charge in [0.25, 0.3) is 5.56 Å². The van der Waals surface area contributed by atoms with Crippen molar-refractivity contribution in [3.8, 4) is 0 Å². The number of aromatic nitrogens is 2. The Labute approximate surface area is 122 Å². The average molecular weight is 318 g/mol. The van der Waals surface area contributed by atoms with Gasteiger partial charge < -0.3 is 20.1 Å². The Hall–Kier alpha value is -1.88. The average Bonchev–Trinajstić information content (AvgIpc) is 2.45. The lowest BCUT2D eigenvalue weighted by Gasteiger charge is -2.44. The van der Waals surface area contributed by atoms with Crippen LogP contribution in [0.5, 0.6) is 0 Å². The van der Waals surface area contributed by atoms with Crippen molar-refractivity contribution in [1.82, 2.24) is 9.55 Å². The Morgan fingerprint density at radius 1 is 1.59 bits per heavy atom. The molecule has 9 nitrogen and oxygen atoms in total. The first-order valence-corrected chi connectivity index (χ1v) is 6.40. The first kappa shape index (κ1) is 16.5. The van der Waals surface area contributed by atoms with Gasteiger partial charge in [-0.2, -0.15) is 4.39 Å². The number of rotatable bonds is 3. The number of ether oxygens (including phenoxy) is 1. The maximum Gasteiger partial charge on any atom is 0.330 e. The summed E-state index contributed by atoms with van der Waals surface area (Å²) in [6.07, 6.45) is -4.23. The minimum Gasteiger partial charge on any atom is -0.394 e. The van der Waals surface area contributed by atoms with Gasteiger partial charge in [-0.1, -0.05) is 0 Å². The van der Waals surface area contributed by atoms with Crippen LogP contribution in [0, 0.1) is 5.82 Å². The molecule has 1 aromatic rings. The van der Waals surface area contributed by atoms with Gasteiger partial charge in [0.15, 0.2) is 17.6 Å². The second-order valence-corrected chi connectivity index (χ2v) is 5.07. The maximum atomic E-state index is 13.4. The van der Waals surface area contributed by atoms with Crippen LogP contribution in [-0.4, -0.2) is 55.1 Å². The lowest BCUT2D eigenvalue weighted by atomic mass is 9.84. The van der Waals surface area contributed by atoms with E-state index in [2.05, 4.69) is 0 Å². The van der Waals surface area contributed by atoms with Gasteiger partial charge in [0, 0.05) is 6.42 Å². The van der Waals surface area contributed by atoms with Gasteiger partial charge in [-0.3, -0.25) is 19.1 Å². The predicted octanol–water partition coefficient (Wildman–Crippen LogP) is -2.36. The Bertz CT molecular complexity index is 699. The molecule has 1 aromatic heterocycles. The number of aliphatic hydroxyl groups is 3. The van der Waals surface area contributed by atoms with Crippen LogP contribution in [0.3, 0.4) is 0 Å². The summed E-state index contributed by atoms with van der Waals surface area (Å²) in [5.74, 6) is -2.25. The fourth-order valence-electron chi connectivity index (χ4n) is 2.37.